The van der Waals surface area contributed by atoms with Crippen molar-refractivity contribution in [3.05, 3.63) is 30.3 Å². The van der Waals surface area contributed by atoms with Gasteiger partial charge in [-0.2, -0.15) is 0 Å². The molecule has 0 heterocycles. The van der Waals surface area contributed by atoms with E-state index in [0.717, 1.165) is 19.4 Å². The Bertz CT molecular complexity index is 276. The van der Waals surface area contributed by atoms with Crippen molar-refractivity contribution in [3.63, 3.8) is 0 Å². The molecule has 0 radical (unpaired) electrons. The summed E-state index contributed by atoms with van der Waals surface area (Å²) in [4.78, 5) is 0. The second kappa shape index (κ2) is 6.05. The molecule has 15 heavy (non-hydrogen) atoms. The minimum Gasteiger partial charge on any atom is -0.394 e. The first-order valence-corrected chi connectivity index (χ1v) is 7.79. The maximum absolute atomic E-state index is 5.92. The van der Waals surface area contributed by atoms with Crippen LogP contribution in [0.3, 0.4) is 0 Å². The molecule has 0 saturated carbocycles. The van der Waals surface area contributed by atoms with Crippen LogP contribution in [-0.4, -0.2) is 22.3 Å². The molecule has 1 unspecified atom stereocenters. The minimum absolute atomic E-state index is 0.794. The molecule has 0 aliphatic heterocycles. The molecule has 0 saturated heterocycles. The maximum Gasteiger partial charge on any atom is 0.369 e. The third-order valence-corrected chi connectivity index (χ3v) is 5.48. The molecule has 2 nitrogen and oxygen atoms in total. The Morgan fingerprint density at radius 1 is 1.20 bits per heavy atom. The van der Waals surface area contributed by atoms with Crippen molar-refractivity contribution < 1.29 is 8.85 Å². The molecule has 1 aromatic carbocycles. The van der Waals surface area contributed by atoms with Gasteiger partial charge in [-0.1, -0.05) is 43.7 Å². The monoisotopic (exact) mass is 224 g/mol. The van der Waals surface area contributed by atoms with Crippen molar-refractivity contribution in [3.8, 4) is 0 Å². The molecule has 0 aliphatic rings. The summed E-state index contributed by atoms with van der Waals surface area (Å²) in [7, 11) is -0.395. The van der Waals surface area contributed by atoms with Crippen LogP contribution < -0.4 is 5.19 Å². The highest BCUT2D eigenvalue weighted by molar-refractivity contribution is 6.79. The predicted molar refractivity (Wildman–Crippen MR) is 65.6 cm³/mol. The number of hydrogen-bond donors (Lipinski definition) is 0. The second-order valence-corrected chi connectivity index (χ2v) is 6.88. The topological polar surface area (TPSA) is 18.5 Å². The fourth-order valence-electron chi connectivity index (χ4n) is 1.41. The second-order valence-electron chi connectivity index (χ2n) is 3.72. The lowest BCUT2D eigenvalue weighted by atomic mass is 10.4. The number of benzene rings is 1. The Morgan fingerprint density at radius 2 is 1.87 bits per heavy atom. The first-order valence-electron chi connectivity index (χ1n) is 5.47. The summed E-state index contributed by atoms with van der Waals surface area (Å²) in [5.74, 6) is 0. The number of rotatable bonds is 6. The van der Waals surface area contributed by atoms with E-state index in [0.29, 0.717) is 0 Å². The zero-order valence-electron chi connectivity index (χ0n) is 9.82. The van der Waals surface area contributed by atoms with Crippen molar-refractivity contribution in [1.82, 2.24) is 0 Å². The van der Waals surface area contributed by atoms with E-state index in [-0.39, 0.29) is 0 Å². The predicted octanol–water partition coefficient (Wildman–Crippen LogP) is 2.43. The van der Waals surface area contributed by atoms with Gasteiger partial charge in [-0.25, -0.2) is 0 Å². The molecule has 1 aromatic rings. The smallest absolute Gasteiger partial charge is 0.369 e. The maximum atomic E-state index is 5.92. The quantitative estimate of drug-likeness (QED) is 0.546. The Kier molecular flexibility index (Phi) is 5.01. The van der Waals surface area contributed by atoms with Crippen LogP contribution in [0.25, 0.3) is 0 Å². The lowest BCUT2D eigenvalue weighted by Gasteiger charge is -2.25. The van der Waals surface area contributed by atoms with Crippen molar-refractivity contribution in [2.75, 3.05) is 13.7 Å². The lowest BCUT2D eigenvalue weighted by molar-refractivity contribution is 0.214. The van der Waals surface area contributed by atoms with E-state index in [1.54, 1.807) is 7.11 Å². The van der Waals surface area contributed by atoms with Crippen LogP contribution in [0.1, 0.15) is 19.8 Å². The molecule has 0 N–H and O–H groups in total. The normalized spacial score (nSPS) is 14.9. The van der Waals surface area contributed by atoms with Gasteiger partial charge in [0, 0.05) is 13.7 Å². The van der Waals surface area contributed by atoms with Gasteiger partial charge in [-0.3, -0.25) is 0 Å². The van der Waals surface area contributed by atoms with Gasteiger partial charge in [0.15, 0.2) is 0 Å². The molecular formula is C12H20O2Si. The molecule has 84 valence electrons. The van der Waals surface area contributed by atoms with Crippen LogP contribution in [0.4, 0.5) is 0 Å². The van der Waals surface area contributed by atoms with Crippen LogP contribution in [0, 0.1) is 0 Å². The molecule has 1 atom stereocenters. The SMILES string of the molecule is CCCCO[Si](C)(OC)c1ccccc1. The van der Waals surface area contributed by atoms with E-state index in [1.165, 1.54) is 5.19 Å². The zero-order chi connectivity index (χ0) is 11.1. The van der Waals surface area contributed by atoms with E-state index in [1.807, 2.05) is 18.2 Å². The van der Waals surface area contributed by atoms with Gasteiger partial charge in [0.05, 0.1) is 0 Å². The third kappa shape index (κ3) is 3.45. The summed E-state index contributed by atoms with van der Waals surface area (Å²) in [6.07, 6.45) is 2.25. The van der Waals surface area contributed by atoms with Crippen LogP contribution in [-0.2, 0) is 8.85 Å². The summed E-state index contributed by atoms with van der Waals surface area (Å²) in [6.45, 7) is 5.05. The summed E-state index contributed by atoms with van der Waals surface area (Å²) in [6, 6.07) is 10.2. The average molecular weight is 224 g/mol. The van der Waals surface area contributed by atoms with Crippen molar-refractivity contribution in [1.29, 1.82) is 0 Å². The van der Waals surface area contributed by atoms with Crippen molar-refractivity contribution >= 4 is 13.7 Å². The van der Waals surface area contributed by atoms with E-state index < -0.39 is 8.56 Å². The first kappa shape index (κ1) is 12.4. The summed E-state index contributed by atoms with van der Waals surface area (Å²) in [5, 5.41) is 1.20. The molecule has 0 aromatic heterocycles. The summed E-state index contributed by atoms with van der Waals surface area (Å²) in [5.41, 5.74) is 0. The van der Waals surface area contributed by atoms with E-state index >= 15 is 0 Å². The third-order valence-electron chi connectivity index (χ3n) is 2.56. The van der Waals surface area contributed by atoms with Gasteiger partial charge in [0.25, 0.3) is 0 Å². The van der Waals surface area contributed by atoms with E-state index in [9.17, 15) is 0 Å². The van der Waals surface area contributed by atoms with E-state index in [4.69, 9.17) is 8.85 Å². The van der Waals surface area contributed by atoms with Gasteiger partial charge in [-0.15, -0.1) is 0 Å². The highest BCUT2D eigenvalue weighted by Crippen LogP contribution is 2.07. The standard InChI is InChI=1S/C12H20O2Si/c1-4-5-11-14-15(3,13-2)12-9-7-6-8-10-12/h6-10H,4-5,11H2,1-3H3. The van der Waals surface area contributed by atoms with Crippen LogP contribution >= 0.6 is 0 Å². The molecule has 0 fully saturated rings. The van der Waals surface area contributed by atoms with Crippen LogP contribution in [0.15, 0.2) is 30.3 Å². The average Bonchev–Trinajstić information content (AvgIpc) is 2.30. The fourth-order valence-corrected chi connectivity index (χ4v) is 3.26. The van der Waals surface area contributed by atoms with Crippen molar-refractivity contribution in [2.24, 2.45) is 0 Å². The van der Waals surface area contributed by atoms with Crippen LogP contribution in [0.2, 0.25) is 6.55 Å². The highest BCUT2D eigenvalue weighted by atomic mass is 28.4. The molecule has 1 rings (SSSR count). The molecule has 0 spiro atoms. The van der Waals surface area contributed by atoms with Crippen molar-refractivity contribution in [2.45, 2.75) is 26.3 Å². The summed E-state index contributed by atoms with van der Waals surface area (Å²) >= 11 is 0. The first-order chi connectivity index (χ1) is 7.23. The molecule has 3 heteroatoms. The van der Waals surface area contributed by atoms with Crippen LogP contribution in [0.5, 0.6) is 0 Å². The largest absolute Gasteiger partial charge is 0.394 e. The zero-order valence-corrected chi connectivity index (χ0v) is 10.8. The Labute approximate surface area is 93.5 Å². The van der Waals surface area contributed by atoms with Gasteiger partial charge in [-0.05, 0) is 18.2 Å². The minimum atomic E-state index is -2.14. The lowest BCUT2D eigenvalue weighted by Crippen LogP contribution is -2.50. The Hall–Kier alpha value is -0.643. The number of hydrogen-bond acceptors (Lipinski definition) is 2. The molecule has 0 aliphatic carbocycles. The fraction of sp³-hybridized carbons (Fsp3) is 0.500. The Balaban J connectivity index is 2.67. The molecular weight excluding hydrogens is 204 g/mol. The van der Waals surface area contributed by atoms with Gasteiger partial charge < -0.3 is 8.85 Å². The summed E-state index contributed by atoms with van der Waals surface area (Å²) < 4.78 is 11.5. The number of unbranched alkanes of at least 4 members (excludes halogenated alkanes) is 1. The van der Waals surface area contributed by atoms with E-state index in [2.05, 4.69) is 25.6 Å². The van der Waals surface area contributed by atoms with Gasteiger partial charge in [0.1, 0.15) is 0 Å². The van der Waals surface area contributed by atoms with Gasteiger partial charge >= 0.3 is 8.56 Å². The molecule has 0 bridgehead atoms. The highest BCUT2D eigenvalue weighted by Gasteiger charge is 2.32. The van der Waals surface area contributed by atoms with Gasteiger partial charge in [0.2, 0.25) is 0 Å². The Morgan fingerprint density at radius 3 is 2.40 bits per heavy atom. The molecule has 0 amide bonds.